The second-order valence-electron chi connectivity index (χ2n) is 0.136. The summed E-state index contributed by atoms with van der Waals surface area (Å²) in [4.78, 5) is 8.77. The smallest absolute Gasteiger partial charge is 0.299 e. The SMILES string of the molecule is O=CP.[H+].[Rh]. The molecule has 0 aliphatic heterocycles. The minimum absolute atomic E-state index is 0. The molecule has 0 aromatic carbocycles. The van der Waals surface area contributed by atoms with Gasteiger partial charge in [-0.15, -0.1) is 0 Å². The van der Waals surface area contributed by atoms with Crippen LogP contribution in [-0.4, -0.2) is 6.03 Å². The van der Waals surface area contributed by atoms with Crippen LogP contribution in [0.15, 0.2) is 0 Å². The molecule has 1 nitrogen and oxygen atoms in total. The first-order valence-corrected chi connectivity index (χ1v) is 1.24. The first-order valence-electron chi connectivity index (χ1n) is 0.569. The molecular formula is CH4OPRh+. The maximum Gasteiger partial charge on any atom is 1.00 e. The van der Waals surface area contributed by atoms with Crippen LogP contribution in [0.2, 0.25) is 0 Å². The minimum Gasteiger partial charge on any atom is -0.299 e. The summed E-state index contributed by atoms with van der Waals surface area (Å²) >= 11 is 0. The van der Waals surface area contributed by atoms with Gasteiger partial charge in [-0.25, -0.2) is 0 Å². The van der Waals surface area contributed by atoms with Crippen LogP contribution in [0.25, 0.3) is 0 Å². The van der Waals surface area contributed by atoms with Gasteiger partial charge in [0.25, 0.3) is 0 Å². The molecule has 0 saturated heterocycles. The molecule has 0 saturated carbocycles. The van der Waals surface area contributed by atoms with E-state index < -0.39 is 0 Å². The molecule has 0 aliphatic rings. The van der Waals surface area contributed by atoms with E-state index in [1.807, 2.05) is 9.24 Å². The number of carbonyl (C=O) groups is 1. The fraction of sp³-hybridized carbons (Fsp3) is 0. The predicted octanol–water partition coefficient (Wildman–Crippen LogP) is 0.162. The largest absolute Gasteiger partial charge is 1.00 e. The van der Waals surface area contributed by atoms with Crippen LogP contribution in [0.5, 0.6) is 0 Å². The molecule has 0 spiro atoms. The molecule has 0 aromatic rings. The molecule has 0 aliphatic carbocycles. The zero-order valence-electron chi connectivity index (χ0n) is 2.90. The maximum absolute atomic E-state index is 8.77. The standard InChI is InChI=1S/CH3OP.Rh/c2-1-3;/h1H,3H2;/p+1. The van der Waals surface area contributed by atoms with E-state index in [-0.39, 0.29) is 20.9 Å². The van der Waals surface area contributed by atoms with Crippen LogP contribution in [-0.2, 0) is 24.3 Å². The van der Waals surface area contributed by atoms with E-state index in [2.05, 4.69) is 0 Å². The van der Waals surface area contributed by atoms with Gasteiger partial charge in [0.05, 0.1) is 0 Å². The van der Waals surface area contributed by atoms with Crippen LogP contribution in [0.3, 0.4) is 0 Å². The minimum atomic E-state index is 0. The van der Waals surface area contributed by atoms with E-state index >= 15 is 0 Å². The Hall–Kier alpha value is 0.723. The van der Waals surface area contributed by atoms with Gasteiger partial charge in [-0.05, 0) is 0 Å². The Kier molecular flexibility index (Phi) is 20.5. The molecule has 1 unspecified atom stereocenters. The van der Waals surface area contributed by atoms with Crippen LogP contribution in [0.1, 0.15) is 1.43 Å². The second kappa shape index (κ2) is 9.30. The summed E-state index contributed by atoms with van der Waals surface area (Å²) in [5.74, 6) is 0. The molecule has 4 heavy (non-hydrogen) atoms. The van der Waals surface area contributed by atoms with Gasteiger partial charge < -0.3 is 0 Å². The zero-order chi connectivity index (χ0) is 2.71. The van der Waals surface area contributed by atoms with Crippen molar-refractivity contribution < 1.29 is 25.7 Å². The van der Waals surface area contributed by atoms with Crippen molar-refractivity contribution in [3.8, 4) is 0 Å². The van der Waals surface area contributed by atoms with Gasteiger partial charge in [-0.2, -0.15) is 0 Å². The average molecular weight is 166 g/mol. The molecule has 0 bridgehead atoms. The first-order chi connectivity index (χ1) is 1.41. The summed E-state index contributed by atoms with van der Waals surface area (Å²) in [7, 11) is 1.90. The Labute approximate surface area is 41.6 Å². The number of hydrogen-bond donors (Lipinski definition) is 0. The Bertz CT molecular complexity index is 19.1. The molecular weight excluding hydrogens is 162 g/mol. The van der Waals surface area contributed by atoms with E-state index in [0.29, 0.717) is 6.03 Å². The van der Waals surface area contributed by atoms with E-state index in [4.69, 9.17) is 4.79 Å². The van der Waals surface area contributed by atoms with E-state index in [1.54, 1.807) is 0 Å². The Morgan fingerprint density at radius 1 is 2.00 bits per heavy atom. The van der Waals surface area contributed by atoms with Crippen molar-refractivity contribution in [3.63, 3.8) is 0 Å². The maximum atomic E-state index is 8.77. The molecule has 27 valence electrons. The second-order valence-corrected chi connectivity index (χ2v) is 0.408. The van der Waals surface area contributed by atoms with E-state index in [1.165, 1.54) is 0 Å². The normalized spacial score (nSPS) is 3.25. The van der Waals surface area contributed by atoms with Gasteiger partial charge in [-0.1, -0.05) is 9.24 Å². The van der Waals surface area contributed by atoms with Crippen LogP contribution >= 0.6 is 9.24 Å². The molecule has 0 rings (SSSR count). The van der Waals surface area contributed by atoms with Gasteiger partial charge in [0.1, 0.15) is 6.03 Å². The fourth-order valence-corrected chi connectivity index (χ4v) is 0. The average Bonchev–Trinajstić information content (AvgIpc) is 0.918. The molecule has 0 aromatic heterocycles. The molecule has 0 heterocycles. The summed E-state index contributed by atoms with van der Waals surface area (Å²) in [6.45, 7) is 0. The van der Waals surface area contributed by atoms with Crippen molar-refractivity contribution in [2.24, 2.45) is 0 Å². The Balaban J connectivity index is -0.0000000200. The summed E-state index contributed by atoms with van der Waals surface area (Å²) in [6.07, 6.45) is 0. The number of hydrogen-bond acceptors (Lipinski definition) is 1. The van der Waals surface area contributed by atoms with Gasteiger partial charge in [0.15, 0.2) is 0 Å². The summed E-state index contributed by atoms with van der Waals surface area (Å²) in [6, 6.07) is 0.667. The zero-order valence-corrected chi connectivity index (χ0v) is 4.69. The van der Waals surface area contributed by atoms with Crippen molar-refractivity contribution in [2.75, 3.05) is 0 Å². The molecule has 1 atom stereocenters. The third kappa shape index (κ3) is 15.5. The number of rotatable bonds is 0. The van der Waals surface area contributed by atoms with E-state index in [0.717, 1.165) is 0 Å². The van der Waals surface area contributed by atoms with Crippen molar-refractivity contribution in [1.29, 1.82) is 0 Å². The summed E-state index contributed by atoms with van der Waals surface area (Å²) in [5.41, 5.74) is 0. The topological polar surface area (TPSA) is 17.1 Å². The Morgan fingerprint density at radius 2 is 2.00 bits per heavy atom. The fourth-order valence-electron chi connectivity index (χ4n) is 0. The van der Waals surface area contributed by atoms with Gasteiger partial charge in [0.2, 0.25) is 0 Å². The van der Waals surface area contributed by atoms with Crippen LogP contribution in [0, 0.1) is 0 Å². The Morgan fingerprint density at radius 3 is 2.00 bits per heavy atom. The molecule has 0 amide bonds. The molecule has 0 N–H and O–H groups in total. The predicted molar refractivity (Wildman–Crippen MR) is 17.6 cm³/mol. The van der Waals surface area contributed by atoms with Crippen LogP contribution in [0.4, 0.5) is 0 Å². The molecule has 0 fully saturated rings. The van der Waals surface area contributed by atoms with Crippen molar-refractivity contribution in [3.05, 3.63) is 0 Å². The van der Waals surface area contributed by atoms with Crippen molar-refractivity contribution in [1.82, 2.24) is 0 Å². The van der Waals surface area contributed by atoms with Gasteiger partial charge in [-0.3, -0.25) is 4.79 Å². The monoisotopic (exact) mass is 166 g/mol. The molecule has 3 heteroatoms. The quantitative estimate of drug-likeness (QED) is 0.284. The third-order valence-electron chi connectivity index (χ3n) is 0. The van der Waals surface area contributed by atoms with Gasteiger partial charge in [0, 0.05) is 19.5 Å². The third-order valence-corrected chi connectivity index (χ3v) is 0. The van der Waals surface area contributed by atoms with Crippen molar-refractivity contribution >= 4 is 15.3 Å². The van der Waals surface area contributed by atoms with Crippen molar-refractivity contribution in [2.45, 2.75) is 0 Å². The van der Waals surface area contributed by atoms with Gasteiger partial charge >= 0.3 is 1.43 Å². The first kappa shape index (κ1) is 8.83. The van der Waals surface area contributed by atoms with Crippen LogP contribution < -0.4 is 0 Å². The summed E-state index contributed by atoms with van der Waals surface area (Å²) in [5, 5.41) is 0. The number of carbonyl (C=O) groups excluding carboxylic acids is 1. The molecule has 1 radical (unpaired) electrons. The van der Waals surface area contributed by atoms with E-state index in [9.17, 15) is 0 Å². The summed E-state index contributed by atoms with van der Waals surface area (Å²) < 4.78 is 0.